The van der Waals surface area contributed by atoms with Crippen molar-refractivity contribution in [2.24, 2.45) is 10.3 Å². The Morgan fingerprint density at radius 1 is 1.06 bits per heavy atom. The summed E-state index contributed by atoms with van der Waals surface area (Å²) in [4.78, 5) is 31.8. The first-order valence-corrected chi connectivity index (χ1v) is 10.7. The zero-order valence-electron chi connectivity index (χ0n) is 16.8. The van der Waals surface area contributed by atoms with Gasteiger partial charge in [0.25, 0.3) is 11.8 Å². The normalized spacial score (nSPS) is 21.5. The maximum Gasteiger partial charge on any atom is 0.263 e. The molecule has 160 valence electrons. The number of hydrogen-bond donors (Lipinski definition) is 0. The molecule has 10 heteroatoms. The first-order valence-electron chi connectivity index (χ1n) is 10.3. The predicted molar refractivity (Wildman–Crippen MR) is 114 cm³/mol. The highest BCUT2D eigenvalue weighted by Crippen LogP contribution is 2.35. The highest BCUT2D eigenvalue weighted by atomic mass is 35.5. The van der Waals surface area contributed by atoms with E-state index >= 15 is 0 Å². The molecule has 0 saturated carbocycles. The van der Waals surface area contributed by atoms with E-state index in [1.54, 1.807) is 18.2 Å². The van der Waals surface area contributed by atoms with Gasteiger partial charge >= 0.3 is 0 Å². The maximum atomic E-state index is 13.2. The first kappa shape index (κ1) is 19.1. The zero-order chi connectivity index (χ0) is 21.8. The van der Waals surface area contributed by atoms with E-state index in [4.69, 9.17) is 16.1 Å². The molecule has 1 aliphatic carbocycles. The van der Waals surface area contributed by atoms with E-state index in [-0.39, 0.29) is 24.2 Å². The summed E-state index contributed by atoms with van der Waals surface area (Å²) in [5.41, 5.74) is 3.77. The van der Waals surface area contributed by atoms with Gasteiger partial charge in [0, 0.05) is 10.6 Å². The van der Waals surface area contributed by atoms with Crippen LogP contribution >= 0.6 is 11.6 Å². The van der Waals surface area contributed by atoms with Crippen molar-refractivity contribution < 1.29 is 14.1 Å². The number of fused-ring (bicyclic) bond motifs is 2. The number of aryl methyl sites for hydroxylation is 2. The van der Waals surface area contributed by atoms with E-state index in [0.717, 1.165) is 19.3 Å². The van der Waals surface area contributed by atoms with E-state index < -0.39 is 12.1 Å². The Balaban J connectivity index is 1.23. The number of aromatic nitrogens is 2. The molecule has 2 atom stereocenters. The van der Waals surface area contributed by atoms with E-state index in [1.807, 2.05) is 24.3 Å². The Labute approximate surface area is 187 Å². The molecule has 1 saturated heterocycles. The van der Waals surface area contributed by atoms with Crippen LogP contribution in [-0.2, 0) is 29.0 Å². The molecule has 0 bridgehead atoms. The highest BCUT2D eigenvalue weighted by molar-refractivity contribution is 6.30. The van der Waals surface area contributed by atoms with Gasteiger partial charge in [-0.25, -0.2) is 4.90 Å². The van der Waals surface area contributed by atoms with Gasteiger partial charge in [-0.05, 0) is 54.7 Å². The van der Waals surface area contributed by atoms with Crippen molar-refractivity contribution in [1.29, 1.82) is 0 Å². The van der Waals surface area contributed by atoms with Crippen molar-refractivity contribution in [3.63, 3.8) is 0 Å². The Kier molecular flexibility index (Phi) is 4.32. The second-order valence-electron chi connectivity index (χ2n) is 8.03. The van der Waals surface area contributed by atoms with Crippen molar-refractivity contribution in [1.82, 2.24) is 15.1 Å². The minimum Gasteiger partial charge on any atom is -0.337 e. The van der Waals surface area contributed by atoms with Crippen molar-refractivity contribution in [2.45, 2.75) is 37.9 Å². The largest absolute Gasteiger partial charge is 0.337 e. The molecule has 0 spiro atoms. The van der Waals surface area contributed by atoms with Gasteiger partial charge in [0.2, 0.25) is 11.7 Å². The molecular formula is C22H17ClN6O3. The third-order valence-corrected chi connectivity index (χ3v) is 6.28. The molecule has 6 rings (SSSR count). The van der Waals surface area contributed by atoms with Crippen LogP contribution in [0.2, 0.25) is 5.02 Å². The number of rotatable bonds is 4. The molecule has 2 aromatic carbocycles. The molecule has 1 aromatic heterocycles. The van der Waals surface area contributed by atoms with Crippen LogP contribution in [0.1, 0.15) is 23.4 Å². The van der Waals surface area contributed by atoms with Crippen molar-refractivity contribution in [3.8, 4) is 11.4 Å². The molecule has 3 aliphatic rings. The summed E-state index contributed by atoms with van der Waals surface area (Å²) >= 11 is 6.03. The topological polar surface area (TPSA) is 104 Å². The molecular weight excluding hydrogens is 432 g/mol. The minimum absolute atomic E-state index is 0.0648. The minimum atomic E-state index is -0.869. The fourth-order valence-corrected chi connectivity index (χ4v) is 4.70. The summed E-state index contributed by atoms with van der Waals surface area (Å²) in [6.07, 6.45) is 3.09. The van der Waals surface area contributed by atoms with Crippen LogP contribution in [0.25, 0.3) is 11.4 Å². The van der Waals surface area contributed by atoms with Gasteiger partial charge in [-0.2, -0.15) is 10.1 Å². The van der Waals surface area contributed by atoms with Gasteiger partial charge in [-0.1, -0.05) is 40.2 Å². The average Bonchev–Trinajstić information content (AvgIpc) is 3.56. The quantitative estimate of drug-likeness (QED) is 0.567. The second-order valence-corrected chi connectivity index (χ2v) is 8.47. The summed E-state index contributed by atoms with van der Waals surface area (Å²) in [7, 11) is 0. The summed E-state index contributed by atoms with van der Waals surface area (Å²) < 4.78 is 5.34. The number of nitrogens with zero attached hydrogens (tertiary/aromatic N) is 6. The average molecular weight is 449 g/mol. The Hall–Kier alpha value is -3.59. The molecule has 2 amide bonds. The van der Waals surface area contributed by atoms with Gasteiger partial charge in [0.15, 0.2) is 12.1 Å². The van der Waals surface area contributed by atoms with Crippen LogP contribution < -0.4 is 4.90 Å². The van der Waals surface area contributed by atoms with Crippen molar-refractivity contribution in [2.75, 3.05) is 4.90 Å². The molecule has 0 unspecified atom stereocenters. The van der Waals surface area contributed by atoms with Crippen LogP contribution in [0.5, 0.6) is 0 Å². The number of hydrogen-bond acceptors (Lipinski definition) is 8. The number of carbonyl (C=O) groups is 2. The summed E-state index contributed by atoms with van der Waals surface area (Å²) in [5.74, 6) is -0.0774. The number of anilines is 1. The Morgan fingerprint density at radius 2 is 1.94 bits per heavy atom. The second kappa shape index (κ2) is 7.23. The van der Waals surface area contributed by atoms with Crippen LogP contribution in [0.4, 0.5) is 5.69 Å². The van der Waals surface area contributed by atoms with Crippen LogP contribution in [-0.4, -0.2) is 39.0 Å². The van der Waals surface area contributed by atoms with Gasteiger partial charge in [-0.15, -0.1) is 0 Å². The molecule has 3 aromatic rings. The van der Waals surface area contributed by atoms with Crippen LogP contribution in [0.3, 0.4) is 0 Å². The van der Waals surface area contributed by atoms with Crippen LogP contribution in [0.15, 0.2) is 57.3 Å². The van der Waals surface area contributed by atoms with Gasteiger partial charge < -0.3 is 4.52 Å². The lowest BCUT2D eigenvalue weighted by atomic mass is 10.1. The van der Waals surface area contributed by atoms with Gasteiger partial charge in [0.05, 0.1) is 5.69 Å². The van der Waals surface area contributed by atoms with E-state index in [2.05, 4.69) is 20.5 Å². The fourth-order valence-electron chi connectivity index (χ4n) is 4.51. The smallest absolute Gasteiger partial charge is 0.263 e. The number of benzene rings is 2. The van der Waals surface area contributed by atoms with E-state index in [0.29, 0.717) is 22.1 Å². The third kappa shape index (κ3) is 3.00. The number of amides is 2. The van der Waals surface area contributed by atoms with Gasteiger partial charge in [0.1, 0.15) is 6.54 Å². The maximum absolute atomic E-state index is 13.2. The molecule has 32 heavy (non-hydrogen) atoms. The molecule has 9 nitrogen and oxygen atoms in total. The van der Waals surface area contributed by atoms with E-state index in [1.165, 1.54) is 21.0 Å². The van der Waals surface area contributed by atoms with Gasteiger partial charge in [-0.3, -0.25) is 14.6 Å². The standard InChI is InChI=1S/C22H17ClN6O3/c23-15-6-2-5-14(9-15)20-24-17(32-26-20)11-28-19-18(25-27-28)21(30)29(22(19)31)16-8-7-12-3-1-4-13(12)10-16/h2,5-10,18-19H,1,3-4,11H2/t18-,19-/m1/s1. The summed E-state index contributed by atoms with van der Waals surface area (Å²) in [5, 5.41) is 14.1. The SMILES string of the molecule is O=C1[C@@H]2N=NN(Cc3nc(-c4cccc(Cl)c4)no3)[C@H]2C(=O)N1c1ccc2c(c1)CCC2. The monoisotopic (exact) mass is 448 g/mol. The highest BCUT2D eigenvalue weighted by Gasteiger charge is 2.55. The lowest BCUT2D eigenvalue weighted by Gasteiger charge is -2.19. The summed E-state index contributed by atoms with van der Waals surface area (Å²) in [6, 6.07) is 11.2. The third-order valence-electron chi connectivity index (χ3n) is 6.05. The Morgan fingerprint density at radius 3 is 2.81 bits per heavy atom. The lowest BCUT2D eigenvalue weighted by molar-refractivity contribution is -0.123. The number of halogens is 1. The van der Waals surface area contributed by atoms with Crippen LogP contribution in [0, 0.1) is 0 Å². The molecule has 0 N–H and O–H groups in total. The zero-order valence-corrected chi connectivity index (χ0v) is 17.6. The molecule has 3 heterocycles. The van der Waals surface area contributed by atoms with Crippen molar-refractivity contribution >= 4 is 29.1 Å². The lowest BCUT2D eigenvalue weighted by Crippen LogP contribution is -2.39. The van der Waals surface area contributed by atoms with E-state index in [9.17, 15) is 9.59 Å². The number of imide groups is 1. The summed E-state index contributed by atoms with van der Waals surface area (Å²) in [6.45, 7) is 0.0648. The fraction of sp³-hybridized carbons (Fsp3) is 0.273. The first-order chi connectivity index (χ1) is 15.6. The van der Waals surface area contributed by atoms with Crippen molar-refractivity contribution in [3.05, 3.63) is 64.5 Å². The Bertz CT molecular complexity index is 1290. The molecule has 1 fully saturated rings. The molecule has 2 aliphatic heterocycles. The predicted octanol–water partition coefficient (Wildman–Crippen LogP) is 3.37. The number of carbonyl (C=O) groups excluding carboxylic acids is 2. The molecule has 0 radical (unpaired) electrons.